The first-order chi connectivity index (χ1) is 10.0. The molecule has 0 fully saturated rings. The minimum Gasteiger partial charge on any atom is -0.507 e. The number of halogens is 1. The van der Waals surface area contributed by atoms with Crippen LogP contribution in [0.4, 0.5) is 10.1 Å². The number of rotatable bonds is 4. The van der Waals surface area contributed by atoms with Gasteiger partial charge in [0.2, 0.25) is 0 Å². The minimum atomic E-state index is -0.589. The third kappa shape index (κ3) is 3.58. The molecule has 1 unspecified atom stereocenters. The first kappa shape index (κ1) is 15.0. The Hall–Kier alpha value is -2.40. The van der Waals surface area contributed by atoms with Crippen LogP contribution < -0.4 is 10.6 Å². The van der Waals surface area contributed by atoms with Crippen LogP contribution in [-0.4, -0.2) is 18.1 Å². The Bertz CT molecular complexity index is 658. The largest absolute Gasteiger partial charge is 0.507 e. The predicted molar refractivity (Wildman–Crippen MR) is 79.9 cm³/mol. The number of benzene rings is 2. The smallest absolute Gasteiger partial charge is 0.259 e. The zero-order chi connectivity index (χ0) is 15.4. The van der Waals surface area contributed by atoms with Gasteiger partial charge in [-0.05, 0) is 43.8 Å². The molecule has 1 atom stereocenters. The molecular weight excluding hydrogens is 271 g/mol. The number of carbonyl (C=O) groups is 1. The second kappa shape index (κ2) is 6.37. The van der Waals surface area contributed by atoms with Gasteiger partial charge in [0.25, 0.3) is 5.91 Å². The number of carbonyl (C=O) groups excluding carboxylic acids is 1. The molecule has 4 nitrogen and oxygen atoms in total. The zero-order valence-corrected chi connectivity index (χ0v) is 11.9. The quantitative estimate of drug-likeness (QED) is 0.810. The number of amides is 1. The Labute approximate surface area is 122 Å². The van der Waals surface area contributed by atoms with Crippen LogP contribution >= 0.6 is 0 Å². The summed E-state index contributed by atoms with van der Waals surface area (Å²) in [5, 5.41) is 15.4. The van der Waals surface area contributed by atoms with Crippen molar-refractivity contribution in [2.75, 3.05) is 12.4 Å². The summed E-state index contributed by atoms with van der Waals surface area (Å²) < 4.78 is 12.9. The van der Waals surface area contributed by atoms with Crippen LogP contribution in [0.1, 0.15) is 28.9 Å². The Kier molecular flexibility index (Phi) is 4.55. The SMILES string of the molecule is CNC(C)c1cccc(NC(=O)c2ccc(F)cc2O)c1. The third-order valence-corrected chi connectivity index (χ3v) is 3.28. The van der Waals surface area contributed by atoms with Gasteiger partial charge in [-0.1, -0.05) is 12.1 Å². The molecule has 1 amide bonds. The van der Waals surface area contributed by atoms with E-state index < -0.39 is 11.7 Å². The number of nitrogens with one attached hydrogen (secondary N) is 2. The first-order valence-electron chi connectivity index (χ1n) is 6.58. The van der Waals surface area contributed by atoms with Crippen LogP contribution in [0.5, 0.6) is 5.75 Å². The molecule has 2 aromatic carbocycles. The number of hydrogen-bond acceptors (Lipinski definition) is 3. The highest BCUT2D eigenvalue weighted by Gasteiger charge is 2.12. The van der Waals surface area contributed by atoms with E-state index in [1.165, 1.54) is 6.07 Å². The van der Waals surface area contributed by atoms with Gasteiger partial charge in [-0.2, -0.15) is 0 Å². The van der Waals surface area contributed by atoms with Crippen molar-refractivity contribution in [3.63, 3.8) is 0 Å². The minimum absolute atomic E-state index is 0.0310. The summed E-state index contributed by atoms with van der Waals surface area (Å²) in [6, 6.07) is 10.8. The summed E-state index contributed by atoms with van der Waals surface area (Å²) in [7, 11) is 1.85. The second-order valence-electron chi connectivity index (χ2n) is 4.75. The highest BCUT2D eigenvalue weighted by Crippen LogP contribution is 2.21. The monoisotopic (exact) mass is 288 g/mol. The summed E-state index contributed by atoms with van der Waals surface area (Å²) in [5.41, 5.74) is 1.67. The molecule has 5 heteroatoms. The Morgan fingerprint density at radius 2 is 2.00 bits per heavy atom. The lowest BCUT2D eigenvalue weighted by atomic mass is 10.1. The van der Waals surface area contributed by atoms with Gasteiger partial charge in [-0.15, -0.1) is 0 Å². The molecule has 0 spiro atoms. The maximum absolute atomic E-state index is 12.9. The molecule has 0 aliphatic rings. The molecule has 2 aromatic rings. The van der Waals surface area contributed by atoms with Crippen molar-refractivity contribution in [1.29, 1.82) is 0 Å². The van der Waals surface area contributed by atoms with Gasteiger partial charge in [0.05, 0.1) is 5.56 Å². The fourth-order valence-electron chi connectivity index (χ4n) is 1.95. The molecule has 3 N–H and O–H groups in total. The molecule has 0 radical (unpaired) electrons. The van der Waals surface area contributed by atoms with E-state index in [0.717, 1.165) is 17.7 Å². The lowest BCUT2D eigenvalue weighted by Gasteiger charge is -2.13. The average molecular weight is 288 g/mol. The molecule has 0 aliphatic carbocycles. The number of hydrogen-bond donors (Lipinski definition) is 3. The lowest BCUT2D eigenvalue weighted by Crippen LogP contribution is -2.14. The summed E-state index contributed by atoms with van der Waals surface area (Å²) in [6.45, 7) is 2.01. The van der Waals surface area contributed by atoms with Crippen LogP contribution in [0.15, 0.2) is 42.5 Å². The topological polar surface area (TPSA) is 61.4 Å². The van der Waals surface area contributed by atoms with Crippen molar-refractivity contribution in [1.82, 2.24) is 5.32 Å². The molecule has 0 aromatic heterocycles. The van der Waals surface area contributed by atoms with Crippen molar-refractivity contribution in [2.24, 2.45) is 0 Å². The van der Waals surface area contributed by atoms with Gasteiger partial charge in [-0.25, -0.2) is 4.39 Å². The first-order valence-corrected chi connectivity index (χ1v) is 6.58. The summed E-state index contributed by atoms with van der Waals surface area (Å²) >= 11 is 0. The fraction of sp³-hybridized carbons (Fsp3) is 0.188. The van der Waals surface area contributed by atoms with Crippen molar-refractivity contribution >= 4 is 11.6 Å². The Balaban J connectivity index is 2.19. The summed E-state index contributed by atoms with van der Waals surface area (Å²) in [5.74, 6) is -1.46. The number of phenolic OH excluding ortho intramolecular Hbond substituents is 1. The normalized spacial score (nSPS) is 12.0. The van der Waals surface area contributed by atoms with Gasteiger partial charge in [0.15, 0.2) is 0 Å². The number of aromatic hydroxyl groups is 1. The van der Waals surface area contributed by atoms with Gasteiger partial charge in [0.1, 0.15) is 11.6 Å². The van der Waals surface area contributed by atoms with Crippen LogP contribution in [0.25, 0.3) is 0 Å². The Morgan fingerprint density at radius 3 is 2.67 bits per heavy atom. The van der Waals surface area contributed by atoms with Crippen molar-refractivity contribution in [3.8, 4) is 5.75 Å². The van der Waals surface area contributed by atoms with E-state index in [0.29, 0.717) is 5.69 Å². The fourth-order valence-corrected chi connectivity index (χ4v) is 1.95. The molecule has 2 rings (SSSR count). The maximum atomic E-state index is 12.9. The molecule has 0 aliphatic heterocycles. The standard InChI is InChI=1S/C16H17FN2O2/c1-10(18-2)11-4-3-5-13(8-11)19-16(21)14-7-6-12(17)9-15(14)20/h3-10,18,20H,1-2H3,(H,19,21). The van der Waals surface area contributed by atoms with E-state index >= 15 is 0 Å². The number of phenols is 1. The van der Waals surface area contributed by atoms with E-state index in [-0.39, 0.29) is 17.4 Å². The lowest BCUT2D eigenvalue weighted by molar-refractivity contribution is 0.102. The molecule has 0 heterocycles. The second-order valence-corrected chi connectivity index (χ2v) is 4.75. The Morgan fingerprint density at radius 1 is 1.24 bits per heavy atom. The molecule has 0 saturated heterocycles. The highest BCUT2D eigenvalue weighted by atomic mass is 19.1. The summed E-state index contributed by atoms with van der Waals surface area (Å²) in [4.78, 5) is 12.1. The van der Waals surface area contributed by atoms with Crippen LogP contribution in [0.3, 0.4) is 0 Å². The molecular formula is C16H17FN2O2. The molecule has 0 bridgehead atoms. The van der Waals surface area contributed by atoms with Crippen LogP contribution in [0.2, 0.25) is 0 Å². The number of anilines is 1. The maximum Gasteiger partial charge on any atom is 0.259 e. The highest BCUT2D eigenvalue weighted by molar-refractivity contribution is 6.06. The van der Waals surface area contributed by atoms with E-state index in [4.69, 9.17) is 0 Å². The van der Waals surface area contributed by atoms with Gasteiger partial charge >= 0.3 is 0 Å². The van der Waals surface area contributed by atoms with Gasteiger partial charge in [0, 0.05) is 17.8 Å². The van der Waals surface area contributed by atoms with Crippen molar-refractivity contribution in [3.05, 3.63) is 59.4 Å². The van der Waals surface area contributed by atoms with Crippen molar-refractivity contribution < 1.29 is 14.3 Å². The molecule has 0 saturated carbocycles. The van der Waals surface area contributed by atoms with Gasteiger partial charge < -0.3 is 15.7 Å². The molecule has 110 valence electrons. The average Bonchev–Trinajstić information content (AvgIpc) is 2.46. The van der Waals surface area contributed by atoms with E-state index in [1.807, 2.05) is 32.2 Å². The van der Waals surface area contributed by atoms with Gasteiger partial charge in [-0.3, -0.25) is 4.79 Å². The summed E-state index contributed by atoms with van der Waals surface area (Å²) in [6.07, 6.45) is 0. The third-order valence-electron chi connectivity index (χ3n) is 3.28. The van der Waals surface area contributed by atoms with Crippen LogP contribution in [0, 0.1) is 5.82 Å². The van der Waals surface area contributed by atoms with E-state index in [9.17, 15) is 14.3 Å². The zero-order valence-electron chi connectivity index (χ0n) is 11.9. The van der Waals surface area contributed by atoms with Crippen molar-refractivity contribution in [2.45, 2.75) is 13.0 Å². The predicted octanol–water partition coefficient (Wildman–Crippen LogP) is 3.06. The van der Waals surface area contributed by atoms with E-state index in [2.05, 4.69) is 10.6 Å². The van der Waals surface area contributed by atoms with E-state index in [1.54, 1.807) is 6.07 Å². The molecule has 21 heavy (non-hydrogen) atoms. The van der Waals surface area contributed by atoms with Crippen LogP contribution in [-0.2, 0) is 0 Å².